The van der Waals surface area contributed by atoms with Crippen LogP contribution in [0.2, 0.25) is 5.02 Å². The molecule has 1 heterocycles. The fourth-order valence-corrected chi connectivity index (χ4v) is 4.54. The van der Waals surface area contributed by atoms with E-state index in [0.29, 0.717) is 17.8 Å². The fraction of sp³-hybridized carbons (Fsp3) is 0.500. The zero-order valence-corrected chi connectivity index (χ0v) is 20.8. The van der Waals surface area contributed by atoms with E-state index < -0.39 is 0 Å². The third kappa shape index (κ3) is 6.46. The van der Waals surface area contributed by atoms with E-state index in [9.17, 15) is 0 Å². The quantitative estimate of drug-likeness (QED) is 0.384. The molecule has 0 spiro atoms. The molecule has 2 nitrogen and oxygen atoms in total. The first-order chi connectivity index (χ1) is 14.1. The molecule has 1 N–H and O–H groups in total. The minimum Gasteiger partial charge on any atom is -0.316 e. The van der Waals surface area contributed by atoms with Crippen LogP contribution in [0.4, 0.5) is 0 Å². The van der Waals surface area contributed by atoms with Crippen LogP contribution in [0, 0.1) is 26.7 Å². The summed E-state index contributed by atoms with van der Waals surface area (Å²) in [6.45, 7) is 17.7. The van der Waals surface area contributed by atoms with Gasteiger partial charge in [-0.1, -0.05) is 56.9 Å². The number of halogens is 1. The van der Waals surface area contributed by atoms with E-state index in [1.165, 1.54) is 33.3 Å². The first kappa shape index (κ1) is 24.7. The molecule has 0 aliphatic carbocycles. The molecule has 2 unspecified atom stereocenters. The Morgan fingerprint density at radius 1 is 1.13 bits per heavy atom. The number of benzene rings is 1. The Bertz CT molecular complexity index is 889. The molecular weight excluding hydrogens is 387 g/mol. The smallest absolute Gasteiger partial charge is 0.139 e. The lowest BCUT2D eigenvalue weighted by Crippen LogP contribution is -2.22. The van der Waals surface area contributed by atoms with Crippen molar-refractivity contribution >= 4 is 24.9 Å². The number of nitrogens with one attached hydrogen (secondary N) is 1. The van der Waals surface area contributed by atoms with Crippen molar-refractivity contribution in [3.05, 3.63) is 69.0 Å². The number of allylic oxidation sites excluding steroid dienone is 1. The fourth-order valence-electron chi connectivity index (χ4n) is 4.36. The predicted molar refractivity (Wildman–Crippen MR) is 136 cm³/mol. The summed E-state index contributed by atoms with van der Waals surface area (Å²) >= 11 is 6.27. The first-order valence-electron chi connectivity index (χ1n) is 11.2. The summed E-state index contributed by atoms with van der Waals surface area (Å²) < 4.78 is 0. The van der Waals surface area contributed by atoms with Crippen molar-refractivity contribution < 1.29 is 0 Å². The second-order valence-electron chi connectivity index (χ2n) is 9.24. The maximum Gasteiger partial charge on any atom is 0.139 e. The van der Waals surface area contributed by atoms with Crippen molar-refractivity contribution in [3.8, 4) is 0 Å². The van der Waals surface area contributed by atoms with Crippen LogP contribution in [0.3, 0.4) is 0 Å². The van der Waals surface area contributed by atoms with Gasteiger partial charge < -0.3 is 5.32 Å². The topological polar surface area (TPSA) is 24.9 Å². The maximum absolute atomic E-state index is 6.27. The summed E-state index contributed by atoms with van der Waals surface area (Å²) in [5.41, 5.74) is 9.02. The number of hydrogen-bond acceptors (Lipinski definition) is 2. The zero-order valence-electron chi connectivity index (χ0n) is 20.1. The Kier molecular flexibility index (Phi) is 9.19. The number of aromatic nitrogens is 1. The molecular formula is C26H38BClN2. The van der Waals surface area contributed by atoms with Crippen LogP contribution in [-0.2, 0) is 0 Å². The molecule has 0 bridgehead atoms. The lowest BCUT2D eigenvalue weighted by atomic mass is 9.77. The van der Waals surface area contributed by atoms with Crippen LogP contribution in [0.5, 0.6) is 0 Å². The summed E-state index contributed by atoms with van der Waals surface area (Å²) in [6.07, 6.45) is 5.53. The number of nitrogens with zero attached hydrogens (tertiary/aromatic N) is 1. The molecule has 0 aliphatic rings. The van der Waals surface area contributed by atoms with Gasteiger partial charge in [0.25, 0.3) is 0 Å². The van der Waals surface area contributed by atoms with Gasteiger partial charge >= 0.3 is 0 Å². The second-order valence-corrected chi connectivity index (χ2v) is 9.68. The van der Waals surface area contributed by atoms with E-state index >= 15 is 0 Å². The van der Waals surface area contributed by atoms with Crippen LogP contribution < -0.4 is 5.32 Å². The summed E-state index contributed by atoms with van der Waals surface area (Å²) in [7, 11) is 2.23. The van der Waals surface area contributed by atoms with Gasteiger partial charge in [-0.2, -0.15) is 0 Å². The molecule has 2 aromatic rings. The molecule has 0 fully saturated rings. The monoisotopic (exact) mass is 424 g/mol. The number of rotatable bonds is 9. The van der Waals surface area contributed by atoms with Crippen molar-refractivity contribution in [1.29, 1.82) is 0 Å². The van der Waals surface area contributed by atoms with Crippen LogP contribution in [0.15, 0.2) is 30.5 Å². The highest BCUT2D eigenvalue weighted by molar-refractivity contribution is 6.42. The van der Waals surface area contributed by atoms with Gasteiger partial charge in [-0.25, -0.2) is 0 Å². The average Bonchev–Trinajstić information content (AvgIpc) is 2.68. The zero-order chi connectivity index (χ0) is 22.4. The summed E-state index contributed by atoms with van der Waals surface area (Å²) in [5.74, 6) is 1.45. The van der Waals surface area contributed by atoms with E-state index in [2.05, 4.69) is 79.8 Å². The highest BCUT2D eigenvalue weighted by Crippen LogP contribution is 2.33. The number of hydrogen-bond donors (Lipinski definition) is 1. The Morgan fingerprint density at radius 3 is 2.50 bits per heavy atom. The molecule has 0 amide bonds. The molecule has 4 heteroatoms. The molecule has 1 aromatic carbocycles. The van der Waals surface area contributed by atoms with Crippen LogP contribution in [-0.4, -0.2) is 25.9 Å². The Balaban J connectivity index is 2.34. The van der Waals surface area contributed by atoms with Crippen LogP contribution >= 0.6 is 11.6 Å². The first-order valence-corrected chi connectivity index (χ1v) is 11.6. The predicted octanol–water partition coefficient (Wildman–Crippen LogP) is 6.18. The Labute approximate surface area is 189 Å². The summed E-state index contributed by atoms with van der Waals surface area (Å²) in [6, 6.07) is 6.16. The van der Waals surface area contributed by atoms with Crippen molar-refractivity contribution in [2.45, 2.75) is 66.7 Å². The van der Waals surface area contributed by atoms with Gasteiger partial charge in [-0.05, 0) is 98.0 Å². The highest BCUT2D eigenvalue weighted by atomic mass is 35.5. The molecule has 0 saturated carbocycles. The summed E-state index contributed by atoms with van der Waals surface area (Å²) in [4.78, 5) is 4.70. The van der Waals surface area contributed by atoms with E-state index in [-0.39, 0.29) is 0 Å². The highest BCUT2D eigenvalue weighted by Gasteiger charge is 2.18. The van der Waals surface area contributed by atoms with E-state index in [1.807, 2.05) is 12.3 Å². The Hall–Kier alpha value is -1.58. The second kappa shape index (κ2) is 11.2. The average molecular weight is 425 g/mol. The normalized spacial score (nSPS) is 14.2. The minimum absolute atomic E-state index is 0.291. The molecule has 0 aliphatic heterocycles. The van der Waals surface area contributed by atoms with Crippen LogP contribution in [0.1, 0.15) is 79.5 Å². The third-order valence-electron chi connectivity index (χ3n) is 5.93. The standard InChI is InChI=1S/C26H38BClN2/c1-16(2)14-29-11-10-18(4)25-20(6)15-30-21(7)26(25)24(27)12-19(5)23-13-22(28)9-8-17(23)3/h8-9,12-13,15-16,18-19,29H,10-11,14,27H2,1-7H3/b24-12+. The number of pyridine rings is 1. The van der Waals surface area contributed by atoms with E-state index in [4.69, 9.17) is 16.6 Å². The molecule has 1 aromatic heterocycles. The van der Waals surface area contributed by atoms with Gasteiger partial charge in [-0.3, -0.25) is 4.98 Å². The lowest BCUT2D eigenvalue weighted by Gasteiger charge is -2.23. The van der Waals surface area contributed by atoms with Gasteiger partial charge in [0.1, 0.15) is 7.85 Å². The molecule has 0 radical (unpaired) electrons. The van der Waals surface area contributed by atoms with Crippen LogP contribution in [0.25, 0.3) is 5.47 Å². The SMILES string of the molecule is B/C(=C/C(C)c1cc(Cl)ccc1C)c1c(C)ncc(C)c1C(C)CCNCC(C)C. The molecule has 0 saturated heterocycles. The van der Waals surface area contributed by atoms with E-state index in [0.717, 1.165) is 30.2 Å². The molecule has 162 valence electrons. The third-order valence-corrected chi connectivity index (χ3v) is 6.17. The van der Waals surface area contributed by atoms with Gasteiger partial charge in [0, 0.05) is 16.9 Å². The van der Waals surface area contributed by atoms with Gasteiger partial charge in [0.15, 0.2) is 0 Å². The van der Waals surface area contributed by atoms with Gasteiger partial charge in [0.2, 0.25) is 0 Å². The largest absolute Gasteiger partial charge is 0.316 e. The number of aryl methyl sites for hydroxylation is 3. The van der Waals surface area contributed by atoms with Crippen molar-refractivity contribution in [2.24, 2.45) is 5.92 Å². The van der Waals surface area contributed by atoms with Crippen molar-refractivity contribution in [2.75, 3.05) is 13.1 Å². The lowest BCUT2D eigenvalue weighted by molar-refractivity contribution is 0.524. The Morgan fingerprint density at radius 2 is 1.83 bits per heavy atom. The maximum atomic E-state index is 6.27. The van der Waals surface area contributed by atoms with Crippen molar-refractivity contribution in [1.82, 2.24) is 10.3 Å². The van der Waals surface area contributed by atoms with Gasteiger partial charge in [-0.15, -0.1) is 0 Å². The minimum atomic E-state index is 0.291. The van der Waals surface area contributed by atoms with E-state index in [1.54, 1.807) is 0 Å². The molecule has 30 heavy (non-hydrogen) atoms. The molecule has 2 atom stereocenters. The van der Waals surface area contributed by atoms with Crippen molar-refractivity contribution in [3.63, 3.8) is 0 Å². The molecule has 2 rings (SSSR count). The summed E-state index contributed by atoms with van der Waals surface area (Å²) in [5, 5.41) is 4.39. The van der Waals surface area contributed by atoms with Gasteiger partial charge in [0.05, 0.1) is 0 Å².